The van der Waals surface area contributed by atoms with Crippen molar-refractivity contribution in [3.63, 3.8) is 0 Å². The van der Waals surface area contributed by atoms with Crippen LogP contribution in [0.1, 0.15) is 53.8 Å². The molecule has 0 spiro atoms. The number of amides is 1. The normalized spacial score (nSPS) is 17.4. The summed E-state index contributed by atoms with van der Waals surface area (Å²) in [6.07, 6.45) is 4.21. The Morgan fingerprint density at radius 1 is 1.09 bits per heavy atom. The SMILES string of the molecule is CCc1c(-c2cc(Nc3cc(CN(C)C4COC4)n(C)n3)c(=O)n(C)c2)cc(F)cc1N1CCn2c(cc3c2CC(C)(C)C3)C1=O. The maximum absolute atomic E-state index is 15.4. The second kappa shape index (κ2) is 11.2. The Balaban J connectivity index is 1.21. The Morgan fingerprint density at radius 2 is 1.87 bits per heavy atom. The molecule has 7 rings (SSSR count). The van der Waals surface area contributed by atoms with E-state index in [1.165, 1.54) is 28.0 Å². The molecule has 1 saturated heterocycles. The van der Waals surface area contributed by atoms with Crippen LogP contribution in [0.4, 0.5) is 21.6 Å². The molecule has 5 heterocycles. The Hall–Kier alpha value is -4.22. The predicted molar refractivity (Wildman–Crippen MR) is 176 cm³/mol. The molecule has 0 radical (unpaired) electrons. The Morgan fingerprint density at radius 3 is 2.59 bits per heavy atom. The van der Waals surface area contributed by atoms with Crippen molar-refractivity contribution in [3.8, 4) is 11.1 Å². The van der Waals surface area contributed by atoms with Gasteiger partial charge in [0.05, 0.1) is 30.6 Å². The van der Waals surface area contributed by atoms with Gasteiger partial charge in [-0.25, -0.2) is 4.39 Å². The number of fused-ring (bicyclic) bond motifs is 3. The molecule has 1 amide bonds. The number of benzene rings is 1. The van der Waals surface area contributed by atoms with Crippen molar-refractivity contribution >= 4 is 23.1 Å². The van der Waals surface area contributed by atoms with Gasteiger partial charge in [-0.05, 0) is 72.7 Å². The molecule has 2 aliphatic heterocycles. The molecule has 1 aliphatic carbocycles. The summed E-state index contributed by atoms with van der Waals surface area (Å²) < 4.78 is 26.2. The molecule has 1 aromatic carbocycles. The fourth-order valence-electron chi connectivity index (χ4n) is 7.30. The van der Waals surface area contributed by atoms with Gasteiger partial charge in [-0.2, -0.15) is 5.10 Å². The van der Waals surface area contributed by atoms with E-state index in [4.69, 9.17) is 4.74 Å². The van der Waals surface area contributed by atoms with Gasteiger partial charge < -0.3 is 24.1 Å². The predicted octanol–water partition coefficient (Wildman–Crippen LogP) is 4.65. The van der Waals surface area contributed by atoms with Gasteiger partial charge >= 0.3 is 0 Å². The number of rotatable bonds is 8. The van der Waals surface area contributed by atoms with Crippen molar-refractivity contribution in [1.82, 2.24) is 23.8 Å². The van der Waals surface area contributed by atoms with E-state index in [-0.39, 0.29) is 16.9 Å². The van der Waals surface area contributed by atoms with Crippen LogP contribution in [0.3, 0.4) is 0 Å². The summed E-state index contributed by atoms with van der Waals surface area (Å²) in [6, 6.07) is 9.09. The maximum atomic E-state index is 15.4. The molecule has 0 saturated carbocycles. The van der Waals surface area contributed by atoms with Crippen LogP contribution < -0.4 is 15.8 Å². The zero-order chi connectivity index (χ0) is 32.5. The van der Waals surface area contributed by atoms with E-state index in [2.05, 4.69) is 40.8 Å². The molecule has 0 bridgehead atoms. The van der Waals surface area contributed by atoms with Crippen molar-refractivity contribution < 1.29 is 13.9 Å². The molecule has 0 unspecified atom stereocenters. The molecular weight excluding hydrogens is 585 g/mol. The van der Waals surface area contributed by atoms with Gasteiger partial charge in [0.15, 0.2) is 5.82 Å². The smallest absolute Gasteiger partial charge is 0.274 e. The number of halogens is 1. The summed E-state index contributed by atoms with van der Waals surface area (Å²) >= 11 is 0. The van der Waals surface area contributed by atoms with Crippen molar-refractivity contribution in [3.05, 3.63) is 80.9 Å². The first-order valence-electron chi connectivity index (χ1n) is 16.1. The third-order valence-electron chi connectivity index (χ3n) is 9.85. The molecule has 3 aliphatic rings. The minimum atomic E-state index is -0.432. The summed E-state index contributed by atoms with van der Waals surface area (Å²) in [7, 11) is 5.63. The van der Waals surface area contributed by atoms with Crippen LogP contribution in [0.25, 0.3) is 11.1 Å². The van der Waals surface area contributed by atoms with Gasteiger partial charge in [-0.3, -0.25) is 19.2 Å². The highest BCUT2D eigenvalue weighted by atomic mass is 19.1. The van der Waals surface area contributed by atoms with E-state index in [1.54, 1.807) is 24.2 Å². The molecule has 242 valence electrons. The highest BCUT2D eigenvalue weighted by molar-refractivity contribution is 6.07. The van der Waals surface area contributed by atoms with E-state index in [1.807, 2.05) is 30.8 Å². The summed E-state index contributed by atoms with van der Waals surface area (Å²) in [4.78, 5) is 31.2. The minimum Gasteiger partial charge on any atom is -0.378 e. The van der Waals surface area contributed by atoms with E-state index in [0.29, 0.717) is 66.1 Å². The Labute approximate surface area is 268 Å². The highest BCUT2D eigenvalue weighted by Gasteiger charge is 2.37. The molecule has 11 heteroatoms. The molecule has 4 aromatic rings. The fourth-order valence-corrected chi connectivity index (χ4v) is 7.30. The third kappa shape index (κ3) is 5.25. The maximum Gasteiger partial charge on any atom is 0.274 e. The van der Waals surface area contributed by atoms with Crippen LogP contribution in [-0.2, 0) is 51.2 Å². The average molecular weight is 628 g/mol. The van der Waals surface area contributed by atoms with Gasteiger partial charge in [0.2, 0.25) is 0 Å². The van der Waals surface area contributed by atoms with Crippen molar-refractivity contribution in [2.24, 2.45) is 19.5 Å². The average Bonchev–Trinajstić information content (AvgIpc) is 3.58. The van der Waals surface area contributed by atoms with Crippen molar-refractivity contribution in [2.45, 2.75) is 59.2 Å². The number of pyridine rings is 1. The largest absolute Gasteiger partial charge is 0.378 e. The first-order valence-corrected chi connectivity index (χ1v) is 16.1. The molecular formula is C35H42FN7O3. The fraction of sp³-hybridized carbons (Fsp3) is 0.457. The first kappa shape index (κ1) is 30.4. The number of nitrogens with zero attached hydrogens (tertiary/aromatic N) is 6. The molecule has 1 fully saturated rings. The topological polar surface area (TPSA) is 89.6 Å². The summed E-state index contributed by atoms with van der Waals surface area (Å²) in [5.74, 6) is 0.0192. The van der Waals surface area contributed by atoms with E-state index in [0.717, 1.165) is 37.3 Å². The number of carbonyl (C=O) groups excluding carboxylic acids is 1. The lowest BCUT2D eigenvalue weighted by molar-refractivity contribution is -0.0592. The molecule has 0 atom stereocenters. The lowest BCUT2D eigenvalue weighted by Gasteiger charge is -2.34. The van der Waals surface area contributed by atoms with E-state index in [9.17, 15) is 9.59 Å². The number of anilines is 3. The number of aryl methyl sites for hydroxylation is 2. The quantitative estimate of drug-likeness (QED) is 0.306. The van der Waals surface area contributed by atoms with Gasteiger partial charge in [0, 0.05) is 57.3 Å². The Kier molecular flexibility index (Phi) is 7.43. The van der Waals surface area contributed by atoms with Crippen LogP contribution in [0.5, 0.6) is 0 Å². The second-order valence-corrected chi connectivity index (χ2v) is 13.9. The standard InChI is InChI=1S/C35H42FN7O3/c1-7-26-27(12-23(36)13-29(26)43-9-8-42-30(34(43)45)11-21-15-35(2,3)16-31(21)42)22-10-28(33(44)40(5)17-22)37-32-14-24(41(6)38-32)18-39(4)25-19-46-20-25/h10-14,17,25H,7-9,15-16,18-20H2,1-6H3,(H,37,38). The molecule has 10 nitrogen and oxygen atoms in total. The summed E-state index contributed by atoms with van der Waals surface area (Å²) in [5, 5.41) is 7.82. The lowest BCUT2D eigenvalue weighted by atomic mass is 9.90. The summed E-state index contributed by atoms with van der Waals surface area (Å²) in [5.41, 5.74) is 7.26. The zero-order valence-electron chi connectivity index (χ0n) is 27.5. The van der Waals surface area contributed by atoms with Crippen molar-refractivity contribution in [1.29, 1.82) is 0 Å². The van der Waals surface area contributed by atoms with E-state index >= 15 is 4.39 Å². The van der Waals surface area contributed by atoms with Gasteiger partial charge in [-0.15, -0.1) is 0 Å². The van der Waals surface area contributed by atoms with Crippen LogP contribution in [-0.4, -0.2) is 62.6 Å². The van der Waals surface area contributed by atoms with Crippen LogP contribution >= 0.6 is 0 Å². The highest BCUT2D eigenvalue weighted by Crippen LogP contribution is 2.41. The lowest BCUT2D eigenvalue weighted by Crippen LogP contribution is -2.46. The number of likely N-dealkylation sites (N-methyl/N-ethyl adjacent to an activating group) is 1. The number of carbonyl (C=O) groups is 1. The number of hydrogen-bond donors (Lipinski definition) is 1. The Bertz CT molecular complexity index is 1920. The van der Waals surface area contributed by atoms with Gasteiger partial charge in [-0.1, -0.05) is 20.8 Å². The minimum absolute atomic E-state index is 0.103. The first-order chi connectivity index (χ1) is 21.9. The number of ether oxygens (including phenoxy) is 1. The number of aromatic nitrogens is 4. The monoisotopic (exact) mass is 627 g/mol. The number of hydrogen-bond acceptors (Lipinski definition) is 6. The zero-order valence-corrected chi connectivity index (χ0v) is 27.5. The summed E-state index contributed by atoms with van der Waals surface area (Å²) in [6.45, 7) is 9.82. The number of nitrogens with one attached hydrogen (secondary N) is 1. The van der Waals surface area contributed by atoms with Crippen LogP contribution in [0.15, 0.2) is 41.3 Å². The third-order valence-corrected chi connectivity index (χ3v) is 9.85. The molecule has 1 N–H and O–H groups in total. The van der Waals surface area contributed by atoms with Crippen molar-refractivity contribution in [2.75, 3.05) is 37.0 Å². The van der Waals surface area contributed by atoms with Crippen LogP contribution in [0.2, 0.25) is 0 Å². The molecule has 46 heavy (non-hydrogen) atoms. The second-order valence-electron chi connectivity index (χ2n) is 13.9. The van der Waals surface area contributed by atoms with Gasteiger partial charge in [0.1, 0.15) is 17.2 Å². The van der Waals surface area contributed by atoms with Crippen LogP contribution in [0, 0.1) is 11.2 Å². The van der Waals surface area contributed by atoms with Gasteiger partial charge in [0.25, 0.3) is 11.5 Å². The van der Waals surface area contributed by atoms with E-state index < -0.39 is 5.82 Å². The molecule has 3 aromatic heterocycles.